The quantitative estimate of drug-likeness (QED) is 0.281. The van der Waals surface area contributed by atoms with Crippen LogP contribution in [0.2, 0.25) is 0 Å². The van der Waals surface area contributed by atoms with E-state index in [-0.39, 0.29) is 0 Å². The van der Waals surface area contributed by atoms with Crippen molar-refractivity contribution < 1.29 is 5.94 Å². The van der Waals surface area contributed by atoms with Crippen molar-refractivity contribution in [2.45, 2.75) is 38.5 Å². The molecule has 1 fully saturated rings. The Bertz CT molecular complexity index is 1520. The number of pyridine rings is 1. The molecule has 1 aliphatic rings. The second kappa shape index (κ2) is 6.95. The minimum absolute atomic E-state index is 0.409. The summed E-state index contributed by atoms with van der Waals surface area (Å²) in [7, 11) is 4.33. The van der Waals surface area contributed by atoms with Crippen LogP contribution in [0.1, 0.15) is 44.1 Å². The van der Waals surface area contributed by atoms with Crippen LogP contribution >= 0.6 is 0 Å². The molecule has 0 aliphatic heterocycles. The molecule has 0 unspecified atom stereocenters. The molecule has 0 atom stereocenters. The van der Waals surface area contributed by atoms with Gasteiger partial charge in [0.15, 0.2) is 6.20 Å². The highest BCUT2D eigenvalue weighted by atomic mass is 15.0. The highest BCUT2D eigenvalue weighted by Gasteiger charge is 2.23. The highest BCUT2D eigenvalue weighted by Crippen LogP contribution is 2.39. The number of benzene rings is 3. The van der Waals surface area contributed by atoms with Crippen molar-refractivity contribution in [3.05, 3.63) is 78.0 Å². The third-order valence-corrected chi connectivity index (χ3v) is 7.26. The van der Waals surface area contributed by atoms with Crippen molar-refractivity contribution in [1.29, 1.82) is 0 Å². The summed E-state index contributed by atoms with van der Waals surface area (Å²) < 4.78 is 13.6. The van der Waals surface area contributed by atoms with E-state index in [0.717, 1.165) is 12.8 Å². The Kier molecular flexibility index (Phi) is 3.93. The van der Waals surface area contributed by atoms with E-state index in [4.69, 9.17) is 1.37 Å². The predicted molar refractivity (Wildman–Crippen MR) is 130 cm³/mol. The number of hydrogen-bond acceptors (Lipinski definition) is 0. The van der Waals surface area contributed by atoms with Crippen molar-refractivity contribution in [2.24, 2.45) is 14.1 Å². The third-order valence-electron chi connectivity index (χ3n) is 7.26. The van der Waals surface area contributed by atoms with Crippen molar-refractivity contribution in [2.75, 3.05) is 0 Å². The number of fused-ring (bicyclic) bond motifs is 5. The lowest BCUT2D eigenvalue weighted by molar-refractivity contribution is -0.659. The van der Waals surface area contributed by atoms with Crippen LogP contribution in [0.5, 0.6) is 0 Å². The van der Waals surface area contributed by atoms with Gasteiger partial charge >= 0.3 is 0 Å². The van der Waals surface area contributed by atoms with Gasteiger partial charge in [0, 0.05) is 30.6 Å². The standard InChI is InChI=1S/C29H29N2/c1-19-8-4-7-11-23(19)28-29-26(16-17-30(28)2)25-15-13-22-18-21(20-9-5-6-10-20)12-14-24(22)27(25)31(29)3/h4,7-8,11-18,20H,5-6,9-10H2,1-3H3/q+1/i20D. The molecule has 0 amide bonds. The molecule has 0 spiro atoms. The molecule has 1 aliphatic carbocycles. The molecule has 31 heavy (non-hydrogen) atoms. The molecule has 0 radical (unpaired) electrons. The lowest BCUT2D eigenvalue weighted by Gasteiger charge is -2.11. The maximum Gasteiger partial charge on any atom is 0.237 e. The van der Waals surface area contributed by atoms with Gasteiger partial charge in [0.05, 0.1) is 11.1 Å². The molecular formula is C29H29N2+. The number of rotatable bonds is 2. The van der Waals surface area contributed by atoms with E-state index in [1.165, 1.54) is 67.8 Å². The smallest absolute Gasteiger partial charge is 0.237 e. The summed E-state index contributed by atoms with van der Waals surface area (Å²) in [5, 5.41) is 5.09. The average molecular weight is 407 g/mol. The number of hydrogen-bond donors (Lipinski definition) is 0. The SMILES string of the molecule is [2H]C1(c2ccc3c(ccc4c5cc[n+](C)c(-c6ccccc6C)c5n(C)c34)c2)CCCC1. The van der Waals surface area contributed by atoms with E-state index in [1.807, 2.05) is 0 Å². The first-order valence-electron chi connectivity index (χ1n) is 11.9. The molecule has 2 nitrogen and oxygen atoms in total. The second-order valence-corrected chi connectivity index (χ2v) is 9.12. The van der Waals surface area contributed by atoms with E-state index in [0.29, 0.717) is 0 Å². The second-order valence-electron chi connectivity index (χ2n) is 9.12. The Labute approximate surface area is 185 Å². The van der Waals surface area contributed by atoms with Crippen LogP contribution in [0.25, 0.3) is 43.8 Å². The average Bonchev–Trinajstić information content (AvgIpc) is 3.37. The Morgan fingerprint density at radius 2 is 1.65 bits per heavy atom. The maximum atomic E-state index is 8.95. The molecule has 5 aromatic rings. The van der Waals surface area contributed by atoms with Crippen LogP contribution in [0, 0.1) is 6.92 Å². The van der Waals surface area contributed by atoms with Crippen molar-refractivity contribution >= 4 is 32.6 Å². The summed E-state index contributed by atoms with van der Waals surface area (Å²) in [5.74, 6) is -0.409. The molecular weight excluding hydrogens is 376 g/mol. The molecule has 154 valence electrons. The largest absolute Gasteiger partial charge is 0.338 e. The van der Waals surface area contributed by atoms with Crippen LogP contribution in [-0.4, -0.2) is 4.57 Å². The van der Waals surface area contributed by atoms with Crippen LogP contribution in [0.4, 0.5) is 0 Å². The minimum Gasteiger partial charge on any atom is -0.338 e. The summed E-state index contributed by atoms with van der Waals surface area (Å²) in [6.45, 7) is 2.19. The van der Waals surface area contributed by atoms with Crippen LogP contribution in [0.15, 0.2) is 66.9 Å². The monoisotopic (exact) mass is 406 g/mol. The number of aryl methyl sites for hydroxylation is 3. The fourth-order valence-corrected chi connectivity index (χ4v) is 5.66. The van der Waals surface area contributed by atoms with Gasteiger partial charge in [-0.1, -0.05) is 61.4 Å². The van der Waals surface area contributed by atoms with Gasteiger partial charge in [-0.2, -0.15) is 4.57 Å². The van der Waals surface area contributed by atoms with E-state index in [9.17, 15) is 0 Å². The van der Waals surface area contributed by atoms with Gasteiger partial charge in [0.1, 0.15) is 12.6 Å². The third kappa shape index (κ3) is 2.74. The summed E-state index contributed by atoms with van der Waals surface area (Å²) in [6, 6.07) is 22.2. The molecule has 0 N–H and O–H groups in total. The van der Waals surface area contributed by atoms with Gasteiger partial charge < -0.3 is 4.57 Å². The van der Waals surface area contributed by atoms with Gasteiger partial charge in [0.25, 0.3) is 0 Å². The molecule has 3 aromatic carbocycles. The van der Waals surface area contributed by atoms with Crippen LogP contribution in [-0.2, 0) is 14.1 Å². The van der Waals surface area contributed by atoms with E-state index in [2.05, 4.69) is 97.0 Å². The van der Waals surface area contributed by atoms with Gasteiger partial charge in [-0.25, -0.2) is 0 Å². The first-order valence-corrected chi connectivity index (χ1v) is 11.4. The lowest BCUT2D eigenvalue weighted by atomic mass is 9.94. The predicted octanol–water partition coefficient (Wildman–Crippen LogP) is 6.94. The Morgan fingerprint density at radius 3 is 2.45 bits per heavy atom. The Hall–Kier alpha value is -3.13. The van der Waals surface area contributed by atoms with E-state index < -0.39 is 5.89 Å². The molecule has 2 heteroatoms. The van der Waals surface area contributed by atoms with Gasteiger partial charge in [-0.3, -0.25) is 0 Å². The van der Waals surface area contributed by atoms with Crippen LogP contribution < -0.4 is 4.57 Å². The summed E-state index contributed by atoms with van der Waals surface area (Å²) in [4.78, 5) is 0. The first kappa shape index (κ1) is 17.5. The van der Waals surface area contributed by atoms with Crippen molar-refractivity contribution in [1.82, 2.24) is 4.57 Å². The van der Waals surface area contributed by atoms with Crippen molar-refractivity contribution in [3.63, 3.8) is 0 Å². The molecule has 2 aromatic heterocycles. The number of aromatic nitrogens is 2. The van der Waals surface area contributed by atoms with Gasteiger partial charge in [0.2, 0.25) is 5.69 Å². The lowest BCUT2D eigenvalue weighted by Crippen LogP contribution is -2.31. The van der Waals surface area contributed by atoms with Gasteiger partial charge in [-0.15, -0.1) is 0 Å². The fourth-order valence-electron chi connectivity index (χ4n) is 5.66. The van der Waals surface area contributed by atoms with Crippen molar-refractivity contribution in [3.8, 4) is 11.3 Å². The zero-order valence-corrected chi connectivity index (χ0v) is 18.6. The maximum absolute atomic E-state index is 8.95. The Morgan fingerprint density at radius 1 is 0.903 bits per heavy atom. The van der Waals surface area contributed by atoms with E-state index in [1.54, 1.807) is 0 Å². The molecule has 1 saturated carbocycles. The molecule has 0 saturated heterocycles. The molecule has 2 heterocycles. The first-order chi connectivity index (χ1) is 15.5. The summed E-state index contributed by atoms with van der Waals surface area (Å²) in [6.07, 6.45) is 6.47. The summed E-state index contributed by atoms with van der Waals surface area (Å²) >= 11 is 0. The Balaban J connectivity index is 1.68. The zero-order chi connectivity index (χ0) is 22.0. The van der Waals surface area contributed by atoms with Gasteiger partial charge in [-0.05, 0) is 48.2 Å². The fraction of sp³-hybridized carbons (Fsp3) is 0.276. The minimum atomic E-state index is -0.409. The topological polar surface area (TPSA) is 8.81 Å². The highest BCUT2D eigenvalue weighted by molar-refractivity contribution is 6.19. The summed E-state index contributed by atoms with van der Waals surface area (Å²) in [5.41, 5.74) is 7.52. The number of nitrogens with zero attached hydrogens (tertiary/aromatic N) is 2. The van der Waals surface area contributed by atoms with E-state index >= 15 is 0 Å². The molecule has 0 bridgehead atoms. The van der Waals surface area contributed by atoms with Crippen LogP contribution in [0.3, 0.4) is 0 Å². The zero-order valence-electron chi connectivity index (χ0n) is 19.6. The normalized spacial score (nSPS) is 16.4. The molecule has 6 rings (SSSR count).